The summed E-state index contributed by atoms with van der Waals surface area (Å²) in [7, 11) is 0. The van der Waals surface area contributed by atoms with Crippen LogP contribution in [0.5, 0.6) is 5.75 Å². The van der Waals surface area contributed by atoms with Crippen LogP contribution in [0.2, 0.25) is 0 Å². The van der Waals surface area contributed by atoms with Gasteiger partial charge in [0.15, 0.2) is 5.96 Å². The summed E-state index contributed by atoms with van der Waals surface area (Å²) in [6, 6.07) is 10.1. The smallest absolute Gasteiger partial charge is 0.194 e. The average molecular weight is 486 g/mol. The Morgan fingerprint density at radius 3 is 2.65 bits per heavy atom. The summed E-state index contributed by atoms with van der Waals surface area (Å²) in [6.45, 7) is 7.65. The number of aryl methyl sites for hydroxylation is 1. The number of benzene rings is 1. The highest BCUT2D eigenvalue weighted by Crippen LogP contribution is 2.19. The van der Waals surface area contributed by atoms with E-state index in [0.717, 1.165) is 49.9 Å². The van der Waals surface area contributed by atoms with Crippen molar-refractivity contribution in [3.63, 3.8) is 0 Å². The van der Waals surface area contributed by atoms with E-state index >= 15 is 0 Å². The van der Waals surface area contributed by atoms with Crippen LogP contribution < -0.4 is 10.1 Å². The summed E-state index contributed by atoms with van der Waals surface area (Å²) in [6.07, 6.45) is 2.31. The average Bonchev–Trinajstić information content (AvgIpc) is 3.05. The maximum absolute atomic E-state index is 6.08. The van der Waals surface area contributed by atoms with Crippen molar-refractivity contribution < 1.29 is 4.74 Å². The molecule has 5 nitrogen and oxygen atoms in total. The number of piperidine rings is 1. The normalized spacial score (nSPS) is 15.5. The molecule has 7 heteroatoms. The van der Waals surface area contributed by atoms with Gasteiger partial charge in [-0.1, -0.05) is 18.2 Å². The van der Waals surface area contributed by atoms with Crippen LogP contribution in [-0.4, -0.2) is 41.6 Å². The predicted molar refractivity (Wildman–Crippen MR) is 119 cm³/mol. The van der Waals surface area contributed by atoms with E-state index in [-0.39, 0.29) is 30.1 Å². The number of guanidine groups is 1. The van der Waals surface area contributed by atoms with Crippen LogP contribution in [-0.2, 0) is 6.54 Å². The molecule has 0 radical (unpaired) electrons. The monoisotopic (exact) mass is 486 g/mol. The van der Waals surface area contributed by atoms with Gasteiger partial charge in [-0.05, 0) is 26.0 Å². The van der Waals surface area contributed by atoms with Crippen LogP contribution in [0.25, 0.3) is 0 Å². The summed E-state index contributed by atoms with van der Waals surface area (Å²) in [5.74, 6) is 1.95. The van der Waals surface area contributed by atoms with Gasteiger partial charge in [0.2, 0.25) is 0 Å². The molecule has 0 unspecified atom stereocenters. The molecule has 0 atom stereocenters. The molecule has 1 aromatic carbocycles. The minimum atomic E-state index is 0. The highest BCUT2D eigenvalue weighted by molar-refractivity contribution is 14.0. The molecule has 1 saturated heterocycles. The molecular formula is C19H27IN4OS. The minimum absolute atomic E-state index is 0. The molecule has 0 bridgehead atoms. The van der Waals surface area contributed by atoms with E-state index in [4.69, 9.17) is 9.73 Å². The molecule has 1 aromatic heterocycles. The fraction of sp³-hybridized carbons (Fsp3) is 0.474. The SMILES string of the molecule is CCNC(=NCc1scnc1C)N1CCC(Oc2ccccc2)CC1.I. The predicted octanol–water partition coefficient (Wildman–Crippen LogP) is 4.08. The van der Waals surface area contributed by atoms with Crippen LogP contribution in [0.3, 0.4) is 0 Å². The van der Waals surface area contributed by atoms with Gasteiger partial charge in [-0.2, -0.15) is 0 Å². The second kappa shape index (κ2) is 10.7. The molecule has 0 saturated carbocycles. The van der Waals surface area contributed by atoms with Gasteiger partial charge in [-0.25, -0.2) is 9.98 Å². The first kappa shape index (κ1) is 21.0. The number of hydrogen-bond donors (Lipinski definition) is 1. The summed E-state index contributed by atoms with van der Waals surface area (Å²) >= 11 is 1.67. The fourth-order valence-electron chi connectivity index (χ4n) is 2.93. The van der Waals surface area contributed by atoms with Gasteiger partial charge in [-0.15, -0.1) is 35.3 Å². The summed E-state index contributed by atoms with van der Waals surface area (Å²) < 4.78 is 6.08. The molecule has 1 aliphatic rings. The highest BCUT2D eigenvalue weighted by atomic mass is 127. The van der Waals surface area contributed by atoms with E-state index in [9.17, 15) is 0 Å². The third-order valence-corrected chi connectivity index (χ3v) is 5.26. The van der Waals surface area contributed by atoms with Crippen molar-refractivity contribution in [3.05, 3.63) is 46.4 Å². The number of hydrogen-bond acceptors (Lipinski definition) is 4. The van der Waals surface area contributed by atoms with Crippen molar-refractivity contribution in [3.8, 4) is 5.75 Å². The first-order chi connectivity index (χ1) is 12.3. The molecule has 1 fully saturated rings. The number of ether oxygens (including phenoxy) is 1. The number of para-hydroxylation sites is 1. The minimum Gasteiger partial charge on any atom is -0.490 e. The molecule has 0 spiro atoms. The third-order valence-electron chi connectivity index (χ3n) is 4.34. The van der Waals surface area contributed by atoms with E-state index in [2.05, 4.69) is 22.1 Å². The van der Waals surface area contributed by atoms with Gasteiger partial charge in [0, 0.05) is 37.4 Å². The Balaban J connectivity index is 0.00000243. The van der Waals surface area contributed by atoms with Crippen LogP contribution in [0.4, 0.5) is 0 Å². The highest BCUT2D eigenvalue weighted by Gasteiger charge is 2.22. The van der Waals surface area contributed by atoms with Crippen molar-refractivity contribution in [2.75, 3.05) is 19.6 Å². The van der Waals surface area contributed by atoms with Gasteiger partial charge >= 0.3 is 0 Å². The number of nitrogens with zero attached hydrogens (tertiary/aromatic N) is 3. The van der Waals surface area contributed by atoms with Gasteiger partial charge in [-0.3, -0.25) is 0 Å². The molecule has 0 aliphatic carbocycles. The molecular weight excluding hydrogens is 459 g/mol. The molecule has 1 N–H and O–H groups in total. The first-order valence-corrected chi connectivity index (χ1v) is 9.78. The molecule has 142 valence electrons. The maximum Gasteiger partial charge on any atom is 0.194 e. The van der Waals surface area contributed by atoms with Crippen LogP contribution in [0, 0.1) is 6.92 Å². The number of halogens is 1. The second-order valence-corrected chi connectivity index (χ2v) is 7.09. The van der Waals surface area contributed by atoms with Gasteiger partial charge < -0.3 is 15.0 Å². The topological polar surface area (TPSA) is 49.8 Å². The fourth-order valence-corrected chi connectivity index (χ4v) is 3.63. The zero-order valence-electron chi connectivity index (χ0n) is 15.4. The van der Waals surface area contributed by atoms with Crippen LogP contribution in [0.1, 0.15) is 30.3 Å². The van der Waals surface area contributed by atoms with E-state index in [1.807, 2.05) is 42.8 Å². The number of likely N-dealkylation sites (tertiary alicyclic amines) is 1. The summed E-state index contributed by atoms with van der Waals surface area (Å²) in [5.41, 5.74) is 2.97. The number of thiazole rings is 1. The second-order valence-electron chi connectivity index (χ2n) is 6.15. The van der Waals surface area contributed by atoms with E-state index in [1.54, 1.807) is 11.3 Å². The van der Waals surface area contributed by atoms with E-state index < -0.39 is 0 Å². The lowest BCUT2D eigenvalue weighted by Gasteiger charge is -2.34. The quantitative estimate of drug-likeness (QED) is 0.393. The molecule has 26 heavy (non-hydrogen) atoms. The van der Waals surface area contributed by atoms with Gasteiger partial charge in [0.25, 0.3) is 0 Å². The first-order valence-electron chi connectivity index (χ1n) is 8.90. The number of aliphatic imine (C=N–C) groups is 1. The van der Waals surface area contributed by atoms with Crippen molar-refractivity contribution >= 4 is 41.3 Å². The Bertz CT molecular complexity index is 684. The molecule has 3 rings (SSSR count). The van der Waals surface area contributed by atoms with Gasteiger partial charge in [0.05, 0.1) is 17.7 Å². The lowest BCUT2D eigenvalue weighted by molar-refractivity contribution is 0.129. The van der Waals surface area contributed by atoms with Crippen molar-refractivity contribution in [2.24, 2.45) is 4.99 Å². The molecule has 2 aromatic rings. The summed E-state index contributed by atoms with van der Waals surface area (Å²) in [5, 5.41) is 3.42. The van der Waals surface area contributed by atoms with Crippen LogP contribution in [0.15, 0.2) is 40.8 Å². The van der Waals surface area contributed by atoms with E-state index in [1.165, 1.54) is 4.88 Å². The van der Waals surface area contributed by atoms with Crippen molar-refractivity contribution in [1.82, 2.24) is 15.2 Å². The molecule has 0 amide bonds. The Morgan fingerprint density at radius 1 is 1.31 bits per heavy atom. The Morgan fingerprint density at radius 2 is 2.04 bits per heavy atom. The van der Waals surface area contributed by atoms with E-state index in [0.29, 0.717) is 6.54 Å². The Hall–Kier alpha value is -1.35. The molecule has 1 aliphatic heterocycles. The number of aromatic nitrogens is 1. The Labute approximate surface area is 176 Å². The maximum atomic E-state index is 6.08. The lowest BCUT2D eigenvalue weighted by Crippen LogP contribution is -2.47. The largest absolute Gasteiger partial charge is 0.490 e. The van der Waals surface area contributed by atoms with Crippen molar-refractivity contribution in [1.29, 1.82) is 0 Å². The molecule has 2 heterocycles. The summed E-state index contributed by atoms with van der Waals surface area (Å²) in [4.78, 5) is 12.7. The van der Waals surface area contributed by atoms with Crippen molar-refractivity contribution in [2.45, 2.75) is 39.3 Å². The zero-order valence-corrected chi connectivity index (χ0v) is 18.5. The van der Waals surface area contributed by atoms with Gasteiger partial charge in [0.1, 0.15) is 11.9 Å². The number of nitrogens with one attached hydrogen (secondary N) is 1. The Kier molecular flexibility index (Phi) is 8.64. The lowest BCUT2D eigenvalue weighted by atomic mass is 10.1. The zero-order chi connectivity index (χ0) is 17.5. The number of rotatable bonds is 5. The third kappa shape index (κ3) is 5.84. The van der Waals surface area contributed by atoms with Crippen LogP contribution >= 0.6 is 35.3 Å². The standard InChI is InChI=1S/C19H26N4OS.HI/c1-3-20-19(21-13-18-15(2)22-14-25-18)23-11-9-17(10-12-23)24-16-7-5-4-6-8-16;/h4-8,14,17H,3,9-13H2,1-2H3,(H,20,21);1H.